The monoisotopic (exact) mass is 457 g/mol. The van der Waals surface area contributed by atoms with E-state index in [0.717, 1.165) is 37.8 Å². The molecule has 5 rings (SSSR count). The first-order valence-corrected chi connectivity index (χ1v) is 12.5. The number of aliphatic imine (C=N–C) groups is 1. The van der Waals surface area contributed by atoms with Gasteiger partial charge in [0.25, 0.3) is 0 Å². The number of amidine groups is 1. The molecule has 1 aromatic rings. The summed E-state index contributed by atoms with van der Waals surface area (Å²) >= 11 is 0. The van der Waals surface area contributed by atoms with Crippen LogP contribution < -0.4 is 10.1 Å². The maximum Gasteiger partial charge on any atom is 0.221 e. The predicted molar refractivity (Wildman–Crippen MR) is 133 cm³/mol. The fraction of sp³-hybridized carbons (Fsp3) is 0.692. The van der Waals surface area contributed by atoms with Crippen molar-refractivity contribution in [1.82, 2.24) is 9.80 Å². The second-order valence-electron chi connectivity index (χ2n) is 11.0. The molecule has 7 heteroatoms. The molecule has 182 valence electrons. The molecule has 0 radical (unpaired) electrons. The molecule has 2 N–H and O–H groups in total. The standard InChI is InChI=1S/C26H40FN5O/c1-6-23(32(25(3,4)5)26-16-19(17-26)18(26)2)30-24(28)29-20-9-10-22(21(27)15-20)33-14-13-31-11-7-8-12-31/h9-10,15,18-19H,6-8,11-14,16-17H2,1-5H3,(H2,28,29)/b30-23+/t18-,19?,26?/m1/s1. The molecular formula is C26H40FN5O. The average Bonchev–Trinajstić information content (AvgIpc) is 3.23. The van der Waals surface area contributed by atoms with Crippen molar-refractivity contribution in [2.24, 2.45) is 16.8 Å². The molecule has 1 aromatic carbocycles. The second-order valence-corrected chi connectivity index (χ2v) is 11.0. The van der Waals surface area contributed by atoms with E-state index in [9.17, 15) is 4.39 Å². The molecule has 3 aliphatic carbocycles. The Kier molecular flexibility index (Phi) is 6.72. The molecule has 33 heavy (non-hydrogen) atoms. The van der Waals surface area contributed by atoms with Gasteiger partial charge in [-0.2, -0.15) is 0 Å². The van der Waals surface area contributed by atoms with Gasteiger partial charge in [-0.15, -0.1) is 0 Å². The first kappa shape index (κ1) is 24.0. The summed E-state index contributed by atoms with van der Waals surface area (Å²) < 4.78 is 20.2. The Morgan fingerprint density at radius 1 is 1.30 bits per heavy atom. The lowest BCUT2D eigenvalue weighted by Gasteiger charge is -2.74. The first-order chi connectivity index (χ1) is 15.6. The third kappa shape index (κ3) is 4.75. The first-order valence-electron chi connectivity index (χ1n) is 12.5. The van der Waals surface area contributed by atoms with Crippen molar-refractivity contribution in [3.63, 3.8) is 0 Å². The zero-order valence-electron chi connectivity index (χ0n) is 20.9. The molecule has 0 unspecified atom stereocenters. The van der Waals surface area contributed by atoms with Gasteiger partial charge in [-0.25, -0.2) is 9.38 Å². The quantitative estimate of drug-likeness (QED) is 0.428. The zero-order valence-corrected chi connectivity index (χ0v) is 20.9. The van der Waals surface area contributed by atoms with Gasteiger partial charge < -0.3 is 15.0 Å². The van der Waals surface area contributed by atoms with E-state index < -0.39 is 5.82 Å². The van der Waals surface area contributed by atoms with Gasteiger partial charge in [-0.1, -0.05) is 13.8 Å². The summed E-state index contributed by atoms with van der Waals surface area (Å²) in [6.07, 6.45) is 5.65. The normalized spacial score (nSPS) is 27.0. The summed E-state index contributed by atoms with van der Waals surface area (Å²) in [5.74, 6) is 2.29. The number of likely N-dealkylation sites (tertiary alicyclic amines) is 1. The molecule has 1 aliphatic heterocycles. The van der Waals surface area contributed by atoms with E-state index in [1.54, 1.807) is 12.1 Å². The number of hydrogen-bond acceptors (Lipinski definition) is 3. The Hall–Kier alpha value is -2.15. The van der Waals surface area contributed by atoms with E-state index in [0.29, 0.717) is 18.2 Å². The van der Waals surface area contributed by atoms with Crippen molar-refractivity contribution >= 4 is 17.5 Å². The van der Waals surface area contributed by atoms with Gasteiger partial charge in [0.15, 0.2) is 11.6 Å². The summed E-state index contributed by atoms with van der Waals surface area (Å²) in [4.78, 5) is 9.46. The maximum atomic E-state index is 14.6. The highest BCUT2D eigenvalue weighted by molar-refractivity contribution is 6.01. The lowest BCUT2D eigenvalue weighted by Crippen LogP contribution is -2.78. The molecule has 3 saturated carbocycles. The molecule has 0 spiro atoms. The zero-order chi connectivity index (χ0) is 23.8. The third-order valence-corrected chi connectivity index (χ3v) is 7.78. The fourth-order valence-corrected chi connectivity index (χ4v) is 5.96. The van der Waals surface area contributed by atoms with Crippen LogP contribution >= 0.6 is 0 Å². The SMILES string of the molecule is CC/C(=N\C(=N)Nc1ccc(OCCN2CCCC2)c(F)c1)N(C(C)(C)C)C12CC(C1)[C@H]2C. The summed E-state index contributed by atoms with van der Waals surface area (Å²) in [6, 6.07) is 4.75. The highest BCUT2D eigenvalue weighted by atomic mass is 19.1. The van der Waals surface area contributed by atoms with Crippen LogP contribution in [0.3, 0.4) is 0 Å². The maximum absolute atomic E-state index is 14.6. The van der Waals surface area contributed by atoms with Crippen LogP contribution in [0.1, 0.15) is 66.7 Å². The Morgan fingerprint density at radius 2 is 2.00 bits per heavy atom. The van der Waals surface area contributed by atoms with Gasteiger partial charge in [0.1, 0.15) is 12.4 Å². The van der Waals surface area contributed by atoms with Crippen LogP contribution in [0.5, 0.6) is 5.75 Å². The number of nitrogens with one attached hydrogen (secondary N) is 2. The van der Waals surface area contributed by atoms with Crippen LogP contribution in [-0.2, 0) is 0 Å². The van der Waals surface area contributed by atoms with Crippen LogP contribution in [0.4, 0.5) is 10.1 Å². The topological polar surface area (TPSA) is 64.0 Å². The Morgan fingerprint density at radius 3 is 2.52 bits per heavy atom. The molecule has 4 fully saturated rings. The minimum atomic E-state index is -0.423. The van der Waals surface area contributed by atoms with Gasteiger partial charge in [-0.3, -0.25) is 10.3 Å². The van der Waals surface area contributed by atoms with Gasteiger partial charge >= 0.3 is 0 Å². The number of anilines is 1. The summed E-state index contributed by atoms with van der Waals surface area (Å²) in [5, 5.41) is 11.4. The van der Waals surface area contributed by atoms with Gasteiger partial charge in [0.05, 0.1) is 0 Å². The van der Waals surface area contributed by atoms with Crippen molar-refractivity contribution in [3.05, 3.63) is 24.0 Å². The molecular weight excluding hydrogens is 417 g/mol. The molecule has 4 aliphatic rings. The number of guanidine groups is 1. The smallest absolute Gasteiger partial charge is 0.221 e. The van der Waals surface area contributed by atoms with E-state index in [4.69, 9.17) is 10.1 Å². The number of halogens is 1. The second kappa shape index (κ2) is 9.24. The minimum Gasteiger partial charge on any atom is -0.489 e. The van der Waals surface area contributed by atoms with E-state index in [1.807, 2.05) is 0 Å². The van der Waals surface area contributed by atoms with Crippen LogP contribution in [0, 0.1) is 23.1 Å². The van der Waals surface area contributed by atoms with Crippen LogP contribution in [-0.4, -0.2) is 58.9 Å². The minimum absolute atomic E-state index is 0.0300. The molecule has 2 bridgehead atoms. The number of hydrogen-bond donors (Lipinski definition) is 2. The van der Waals surface area contributed by atoms with E-state index in [1.165, 1.54) is 31.7 Å². The van der Waals surface area contributed by atoms with E-state index in [-0.39, 0.29) is 22.8 Å². The van der Waals surface area contributed by atoms with Crippen molar-refractivity contribution in [2.75, 3.05) is 31.6 Å². The molecule has 0 aromatic heterocycles. The summed E-state index contributed by atoms with van der Waals surface area (Å²) in [6.45, 7) is 14.6. The number of ether oxygens (including phenoxy) is 1. The largest absolute Gasteiger partial charge is 0.489 e. The molecule has 1 heterocycles. The third-order valence-electron chi connectivity index (χ3n) is 7.78. The van der Waals surface area contributed by atoms with Crippen LogP contribution in [0.15, 0.2) is 23.2 Å². The van der Waals surface area contributed by atoms with Crippen molar-refractivity contribution in [3.8, 4) is 5.75 Å². The number of benzene rings is 1. The number of rotatable bonds is 7. The number of nitrogens with zero attached hydrogens (tertiary/aromatic N) is 3. The van der Waals surface area contributed by atoms with Gasteiger partial charge in [0, 0.05) is 35.8 Å². The Bertz CT molecular complexity index is 896. The van der Waals surface area contributed by atoms with Crippen LogP contribution in [0.25, 0.3) is 0 Å². The highest BCUT2D eigenvalue weighted by Crippen LogP contribution is 2.66. The Balaban J connectivity index is 1.39. The van der Waals surface area contributed by atoms with E-state index in [2.05, 4.69) is 54.7 Å². The lowest BCUT2D eigenvalue weighted by molar-refractivity contribution is -0.198. The summed E-state index contributed by atoms with van der Waals surface area (Å²) in [7, 11) is 0. The molecule has 1 atom stereocenters. The molecule has 1 saturated heterocycles. The lowest BCUT2D eigenvalue weighted by atomic mass is 9.41. The summed E-state index contributed by atoms with van der Waals surface area (Å²) in [5.41, 5.74) is 0.609. The van der Waals surface area contributed by atoms with Crippen molar-refractivity contribution in [2.45, 2.75) is 77.8 Å². The van der Waals surface area contributed by atoms with Gasteiger partial charge in [0.2, 0.25) is 5.96 Å². The Labute approximate surface area is 198 Å². The fourth-order valence-electron chi connectivity index (χ4n) is 5.96. The van der Waals surface area contributed by atoms with Crippen molar-refractivity contribution in [1.29, 1.82) is 5.41 Å². The predicted octanol–water partition coefficient (Wildman–Crippen LogP) is 5.35. The molecule has 0 amide bonds. The van der Waals surface area contributed by atoms with Crippen molar-refractivity contribution < 1.29 is 9.13 Å². The average molecular weight is 458 g/mol. The van der Waals surface area contributed by atoms with E-state index >= 15 is 0 Å². The van der Waals surface area contributed by atoms with Crippen LogP contribution in [0.2, 0.25) is 0 Å². The molecule has 6 nitrogen and oxygen atoms in total. The highest BCUT2D eigenvalue weighted by Gasteiger charge is 2.67. The van der Waals surface area contributed by atoms with Gasteiger partial charge in [-0.05, 0) is 83.5 Å².